The molecule has 0 heterocycles. The molecule has 114 valence electrons. The molecule has 0 radical (unpaired) electrons. The third kappa shape index (κ3) is 7.43. The third-order valence-electron chi connectivity index (χ3n) is 2.02. The van der Waals surface area contributed by atoms with Gasteiger partial charge in [-0.05, 0) is 0 Å². The van der Waals surface area contributed by atoms with Crippen LogP contribution in [0.1, 0.15) is 0 Å². The number of carboxylic acid groups (broad SMARTS) is 2. The van der Waals surface area contributed by atoms with E-state index in [9.17, 15) is 19.2 Å². The summed E-state index contributed by atoms with van der Waals surface area (Å²) in [6.07, 6.45) is 0. The lowest BCUT2D eigenvalue weighted by atomic mass is 10.3. The Morgan fingerprint density at radius 1 is 1.15 bits per heavy atom. The Labute approximate surface area is 119 Å². The largest absolute Gasteiger partial charge is 0.480 e. The molecule has 3 amide bonds. The predicted molar refractivity (Wildman–Crippen MR) is 70.4 cm³/mol. The Bertz CT molecular complexity index is 391. The highest BCUT2D eigenvalue weighted by Gasteiger charge is 2.20. The Morgan fingerprint density at radius 2 is 1.75 bits per heavy atom. The van der Waals surface area contributed by atoms with E-state index in [4.69, 9.17) is 15.9 Å². The van der Waals surface area contributed by atoms with Gasteiger partial charge in [0.05, 0.1) is 0 Å². The van der Waals surface area contributed by atoms with Crippen molar-refractivity contribution < 1.29 is 29.4 Å². The number of aliphatic carboxylic acids is 2. The highest BCUT2D eigenvalue weighted by Crippen LogP contribution is 1.89. The fourth-order valence-corrected chi connectivity index (χ4v) is 1.24. The molecule has 7 N–H and O–H groups in total. The van der Waals surface area contributed by atoms with Crippen molar-refractivity contribution in [2.45, 2.75) is 12.1 Å². The first-order chi connectivity index (χ1) is 9.27. The van der Waals surface area contributed by atoms with Crippen LogP contribution < -0.4 is 21.7 Å². The van der Waals surface area contributed by atoms with E-state index in [1.54, 1.807) is 0 Å². The minimum atomic E-state index is -1.28. The van der Waals surface area contributed by atoms with Crippen molar-refractivity contribution in [3.05, 3.63) is 0 Å². The van der Waals surface area contributed by atoms with Gasteiger partial charge in [0, 0.05) is 12.3 Å². The molecule has 0 fully saturated rings. The van der Waals surface area contributed by atoms with Gasteiger partial charge in [0.25, 0.3) is 0 Å². The minimum Gasteiger partial charge on any atom is -0.480 e. The first kappa shape index (κ1) is 18.0. The molecule has 0 bridgehead atoms. The number of carbonyl (C=O) groups is 4. The number of nitrogens with one attached hydrogen (secondary N) is 3. The second-order valence-electron chi connectivity index (χ2n) is 3.65. The SMILES string of the molecule is N[C@H](CNC(=O)N[C@@H](CS)C(=O)NCC(=O)O)C(=O)O. The van der Waals surface area contributed by atoms with Crippen LogP contribution in [-0.2, 0) is 14.4 Å². The zero-order chi connectivity index (χ0) is 15.7. The summed E-state index contributed by atoms with van der Waals surface area (Å²) in [7, 11) is 0. The van der Waals surface area contributed by atoms with E-state index in [1.807, 2.05) is 0 Å². The monoisotopic (exact) mass is 308 g/mol. The van der Waals surface area contributed by atoms with E-state index in [2.05, 4.69) is 28.6 Å². The van der Waals surface area contributed by atoms with Crippen LogP contribution in [0, 0.1) is 0 Å². The third-order valence-corrected chi connectivity index (χ3v) is 2.38. The maximum Gasteiger partial charge on any atom is 0.322 e. The van der Waals surface area contributed by atoms with Crippen LogP contribution in [-0.4, -0.2) is 65.0 Å². The van der Waals surface area contributed by atoms with Crippen LogP contribution in [0.15, 0.2) is 0 Å². The molecule has 0 aliphatic rings. The first-order valence-electron chi connectivity index (χ1n) is 5.41. The van der Waals surface area contributed by atoms with Gasteiger partial charge in [0.2, 0.25) is 5.91 Å². The first-order valence-corrected chi connectivity index (χ1v) is 6.04. The normalized spacial score (nSPS) is 12.9. The molecule has 11 heteroatoms. The van der Waals surface area contributed by atoms with E-state index in [1.165, 1.54) is 0 Å². The molecule has 2 atom stereocenters. The van der Waals surface area contributed by atoms with Crippen molar-refractivity contribution in [3.8, 4) is 0 Å². The highest BCUT2D eigenvalue weighted by molar-refractivity contribution is 7.80. The van der Waals surface area contributed by atoms with Crippen LogP contribution >= 0.6 is 12.6 Å². The summed E-state index contributed by atoms with van der Waals surface area (Å²) in [5.41, 5.74) is 5.17. The quantitative estimate of drug-likeness (QED) is 0.237. The number of carboxylic acids is 2. The summed E-state index contributed by atoms with van der Waals surface area (Å²) >= 11 is 3.85. The van der Waals surface area contributed by atoms with E-state index in [-0.39, 0.29) is 12.3 Å². The van der Waals surface area contributed by atoms with Gasteiger partial charge in [-0.2, -0.15) is 12.6 Å². The zero-order valence-corrected chi connectivity index (χ0v) is 11.2. The summed E-state index contributed by atoms with van der Waals surface area (Å²) in [4.78, 5) is 43.6. The summed E-state index contributed by atoms with van der Waals surface area (Å²) in [6.45, 7) is -0.909. The lowest BCUT2D eigenvalue weighted by Crippen LogP contribution is -2.53. The van der Waals surface area contributed by atoms with Gasteiger partial charge in [0.1, 0.15) is 18.6 Å². The van der Waals surface area contributed by atoms with Crippen molar-refractivity contribution in [1.29, 1.82) is 0 Å². The highest BCUT2D eigenvalue weighted by atomic mass is 32.1. The molecule has 0 aromatic rings. The summed E-state index contributed by atoms with van der Waals surface area (Å²) in [5.74, 6) is -3.30. The number of hydrogen-bond acceptors (Lipinski definition) is 6. The van der Waals surface area contributed by atoms with Crippen LogP contribution in [0.3, 0.4) is 0 Å². The number of hydrogen-bond donors (Lipinski definition) is 7. The maximum absolute atomic E-state index is 11.5. The molecular formula is C9H16N4O6S. The average molecular weight is 308 g/mol. The van der Waals surface area contributed by atoms with Gasteiger partial charge in [-0.1, -0.05) is 0 Å². The Morgan fingerprint density at radius 3 is 2.20 bits per heavy atom. The van der Waals surface area contributed by atoms with Crippen LogP contribution in [0.2, 0.25) is 0 Å². The lowest BCUT2D eigenvalue weighted by Gasteiger charge is -2.16. The summed E-state index contributed by atoms with van der Waals surface area (Å²) in [6, 6.07) is -3.14. The van der Waals surface area contributed by atoms with Gasteiger partial charge < -0.3 is 31.9 Å². The molecule has 0 unspecified atom stereocenters. The second-order valence-corrected chi connectivity index (χ2v) is 4.01. The van der Waals surface area contributed by atoms with Crippen molar-refractivity contribution in [1.82, 2.24) is 16.0 Å². The van der Waals surface area contributed by atoms with Gasteiger partial charge in [0.15, 0.2) is 0 Å². The topological polar surface area (TPSA) is 171 Å². The minimum absolute atomic E-state index is 0.0656. The smallest absolute Gasteiger partial charge is 0.322 e. The number of nitrogens with two attached hydrogens (primary N) is 1. The van der Waals surface area contributed by atoms with Gasteiger partial charge in [-0.3, -0.25) is 14.4 Å². The molecule has 0 aliphatic heterocycles. The molecule has 0 saturated heterocycles. The van der Waals surface area contributed by atoms with Crippen LogP contribution in [0.5, 0.6) is 0 Å². The Hall–Kier alpha value is -2.01. The van der Waals surface area contributed by atoms with Gasteiger partial charge >= 0.3 is 18.0 Å². The van der Waals surface area contributed by atoms with Crippen LogP contribution in [0.25, 0.3) is 0 Å². The van der Waals surface area contributed by atoms with Crippen molar-refractivity contribution in [3.63, 3.8) is 0 Å². The number of urea groups is 1. The number of thiol groups is 1. The second kappa shape index (κ2) is 8.98. The number of carbonyl (C=O) groups excluding carboxylic acids is 2. The Balaban J connectivity index is 4.21. The molecule has 0 rings (SSSR count). The van der Waals surface area contributed by atoms with Crippen molar-refractivity contribution >= 4 is 36.5 Å². The molecule has 10 nitrogen and oxygen atoms in total. The van der Waals surface area contributed by atoms with Crippen LogP contribution in [0.4, 0.5) is 4.79 Å². The van der Waals surface area contributed by atoms with Gasteiger partial charge in [-0.25, -0.2) is 4.79 Å². The predicted octanol–water partition coefficient (Wildman–Crippen LogP) is -2.80. The molecule has 0 aliphatic carbocycles. The fourth-order valence-electron chi connectivity index (χ4n) is 0.979. The van der Waals surface area contributed by atoms with Crippen molar-refractivity contribution in [2.75, 3.05) is 18.8 Å². The summed E-state index contributed by atoms with van der Waals surface area (Å²) in [5, 5.41) is 23.3. The maximum atomic E-state index is 11.5. The number of amides is 3. The standard InChI is InChI=1S/C9H16N4O6S/c10-4(8(17)18)1-12-9(19)13-5(3-20)7(16)11-2-6(14)15/h4-5,20H,1-3,10H2,(H,11,16)(H,14,15)(H,17,18)(H2,12,13,19)/t4-,5+/m1/s1. The fraction of sp³-hybridized carbons (Fsp3) is 0.556. The molecule has 0 aromatic heterocycles. The molecule has 0 aromatic carbocycles. The average Bonchev–Trinajstić information content (AvgIpc) is 2.38. The zero-order valence-electron chi connectivity index (χ0n) is 10.3. The lowest BCUT2D eigenvalue weighted by molar-refractivity contribution is -0.138. The molecular weight excluding hydrogens is 292 g/mol. The molecule has 0 saturated carbocycles. The van der Waals surface area contributed by atoms with E-state index < -0.39 is 42.5 Å². The van der Waals surface area contributed by atoms with E-state index in [0.29, 0.717) is 0 Å². The Kier molecular flexibility index (Phi) is 8.08. The van der Waals surface area contributed by atoms with E-state index in [0.717, 1.165) is 0 Å². The van der Waals surface area contributed by atoms with Crippen molar-refractivity contribution in [2.24, 2.45) is 5.73 Å². The van der Waals surface area contributed by atoms with Gasteiger partial charge in [-0.15, -0.1) is 0 Å². The van der Waals surface area contributed by atoms with E-state index >= 15 is 0 Å². The molecule has 20 heavy (non-hydrogen) atoms. The molecule has 0 spiro atoms. The summed E-state index contributed by atoms with van der Waals surface area (Å²) < 4.78 is 0. The number of rotatable bonds is 8.